The van der Waals surface area contributed by atoms with Crippen LogP contribution in [0.2, 0.25) is 0 Å². The van der Waals surface area contributed by atoms with Crippen molar-refractivity contribution in [2.75, 3.05) is 29.2 Å². The average Bonchev–Trinajstić information content (AvgIpc) is 3.30. The summed E-state index contributed by atoms with van der Waals surface area (Å²) < 4.78 is 4.85. The smallest absolute Gasteiger partial charge is 0.413 e. The van der Waals surface area contributed by atoms with E-state index in [1.165, 1.54) is 40.5 Å². The summed E-state index contributed by atoms with van der Waals surface area (Å²) in [5.74, 6) is 2.36. The number of anilines is 2. The average molecular weight is 501 g/mol. The minimum atomic E-state index is -0.414. The van der Waals surface area contributed by atoms with E-state index in [9.17, 15) is 4.79 Å². The van der Waals surface area contributed by atoms with Gasteiger partial charge < -0.3 is 10.5 Å². The zero-order valence-electron chi connectivity index (χ0n) is 18.4. The number of hydrogen-bond acceptors (Lipinski definition) is 9. The van der Waals surface area contributed by atoms with Crippen LogP contribution in [-0.4, -0.2) is 44.7 Å². The third kappa shape index (κ3) is 7.27. The number of nitrogens with two attached hydrogens (primary N) is 1. The molecule has 0 saturated heterocycles. The van der Waals surface area contributed by atoms with E-state index >= 15 is 0 Å². The summed E-state index contributed by atoms with van der Waals surface area (Å²) in [6.07, 6.45) is 6.51. The molecular weight excluding hydrogens is 469 g/mol. The van der Waals surface area contributed by atoms with Gasteiger partial charge in [0.1, 0.15) is 0 Å². The van der Waals surface area contributed by atoms with Crippen molar-refractivity contribution in [3.8, 4) is 0 Å². The quantitative estimate of drug-likeness (QED) is 0.529. The van der Waals surface area contributed by atoms with Gasteiger partial charge in [-0.15, -0.1) is 22.7 Å². The number of nitrogen functional groups attached to an aromatic ring is 1. The SMILES string of the molecule is CCOC(=O)Nc1nc2c(s1)CCC(SCC)C2.CCSC1CCc2sc(N)nc2C1. The van der Waals surface area contributed by atoms with Gasteiger partial charge in [-0.2, -0.15) is 23.5 Å². The van der Waals surface area contributed by atoms with Crippen LogP contribution in [0, 0.1) is 0 Å². The predicted molar refractivity (Wildman–Crippen MR) is 137 cm³/mol. The van der Waals surface area contributed by atoms with E-state index in [0.717, 1.165) is 41.1 Å². The Morgan fingerprint density at radius 3 is 2.19 bits per heavy atom. The Bertz CT molecular complexity index is 855. The molecule has 0 bridgehead atoms. The lowest BCUT2D eigenvalue weighted by molar-refractivity contribution is 0.168. The first-order valence-electron chi connectivity index (χ1n) is 10.9. The second-order valence-corrected chi connectivity index (χ2v) is 12.7. The van der Waals surface area contributed by atoms with E-state index in [-0.39, 0.29) is 0 Å². The van der Waals surface area contributed by atoms with Crippen molar-refractivity contribution >= 4 is 62.6 Å². The fraction of sp³-hybridized carbons (Fsp3) is 0.667. The van der Waals surface area contributed by atoms with E-state index in [1.807, 2.05) is 23.5 Å². The van der Waals surface area contributed by atoms with Crippen LogP contribution in [0.25, 0.3) is 0 Å². The molecule has 2 aliphatic rings. The Morgan fingerprint density at radius 2 is 1.61 bits per heavy atom. The molecule has 31 heavy (non-hydrogen) atoms. The van der Waals surface area contributed by atoms with Crippen molar-refractivity contribution in [1.82, 2.24) is 9.97 Å². The molecule has 2 atom stereocenters. The molecule has 0 spiro atoms. The van der Waals surface area contributed by atoms with Gasteiger partial charge >= 0.3 is 6.09 Å². The van der Waals surface area contributed by atoms with E-state index in [2.05, 4.69) is 29.1 Å². The molecule has 2 unspecified atom stereocenters. The first-order valence-corrected chi connectivity index (χ1v) is 14.6. The first kappa shape index (κ1) is 24.7. The Morgan fingerprint density at radius 1 is 1.03 bits per heavy atom. The van der Waals surface area contributed by atoms with E-state index in [4.69, 9.17) is 10.5 Å². The fourth-order valence-corrected chi connectivity index (χ4v) is 7.71. The lowest BCUT2D eigenvalue weighted by Crippen LogP contribution is -2.16. The lowest BCUT2D eigenvalue weighted by atomic mass is 10.0. The predicted octanol–water partition coefficient (Wildman–Crippen LogP) is 5.66. The number of amides is 1. The molecule has 0 radical (unpaired) electrons. The summed E-state index contributed by atoms with van der Waals surface area (Å²) >= 11 is 7.29. The Kier molecular flexibility index (Phi) is 9.80. The topological polar surface area (TPSA) is 90.1 Å². The molecule has 0 saturated carbocycles. The molecule has 2 aromatic heterocycles. The zero-order chi connectivity index (χ0) is 22.2. The highest BCUT2D eigenvalue weighted by Gasteiger charge is 2.23. The first-order chi connectivity index (χ1) is 15.0. The van der Waals surface area contributed by atoms with Gasteiger partial charge in [0.2, 0.25) is 0 Å². The van der Waals surface area contributed by atoms with Gasteiger partial charge in [0.05, 0.1) is 18.0 Å². The van der Waals surface area contributed by atoms with Crippen LogP contribution < -0.4 is 11.1 Å². The van der Waals surface area contributed by atoms with Crippen LogP contribution in [0.3, 0.4) is 0 Å². The molecule has 2 heterocycles. The second kappa shape index (κ2) is 12.3. The van der Waals surface area contributed by atoms with Crippen LogP contribution in [0.1, 0.15) is 54.8 Å². The van der Waals surface area contributed by atoms with Gasteiger partial charge in [-0.3, -0.25) is 5.32 Å². The van der Waals surface area contributed by atoms with Crippen molar-refractivity contribution in [2.24, 2.45) is 0 Å². The highest BCUT2D eigenvalue weighted by Crippen LogP contribution is 2.34. The number of aryl methyl sites for hydroxylation is 2. The van der Waals surface area contributed by atoms with E-state index in [1.54, 1.807) is 29.6 Å². The molecule has 0 aromatic carbocycles. The standard InChI is InChI=1S/C12H18N2O2S2.C9H14N2S2/c1-3-16-12(15)14-11-13-9-7-8(17-4-2)5-6-10(9)18-11;1-2-12-6-3-4-8-7(5-6)11-9(10)13-8/h8H,3-7H2,1-2H3,(H,13,14,15);6H,2-5H2,1H3,(H2,10,11). The van der Waals surface area contributed by atoms with Crippen LogP contribution in [0.5, 0.6) is 0 Å². The minimum Gasteiger partial charge on any atom is -0.450 e. The Balaban J connectivity index is 0.000000185. The number of carbonyl (C=O) groups excluding carboxylic acids is 1. The minimum absolute atomic E-state index is 0.381. The van der Waals surface area contributed by atoms with Crippen LogP contribution >= 0.6 is 46.2 Å². The molecule has 10 heteroatoms. The van der Waals surface area contributed by atoms with Crippen molar-refractivity contribution in [2.45, 2.75) is 69.8 Å². The summed E-state index contributed by atoms with van der Waals surface area (Å²) in [6, 6.07) is 0. The van der Waals surface area contributed by atoms with Crippen LogP contribution in [0.4, 0.5) is 15.1 Å². The normalized spacial score (nSPS) is 19.6. The number of hydrogen-bond donors (Lipinski definition) is 2. The highest BCUT2D eigenvalue weighted by atomic mass is 32.2. The molecule has 4 rings (SSSR count). The van der Waals surface area contributed by atoms with Crippen molar-refractivity contribution in [3.63, 3.8) is 0 Å². The van der Waals surface area contributed by atoms with Crippen molar-refractivity contribution in [3.05, 3.63) is 21.1 Å². The van der Waals surface area contributed by atoms with Crippen LogP contribution in [-0.2, 0) is 30.4 Å². The highest BCUT2D eigenvalue weighted by molar-refractivity contribution is 8.00. The number of thiazole rings is 2. The number of nitrogens with one attached hydrogen (secondary N) is 1. The number of fused-ring (bicyclic) bond motifs is 2. The van der Waals surface area contributed by atoms with Gasteiger partial charge in [-0.05, 0) is 44.1 Å². The molecule has 6 nitrogen and oxygen atoms in total. The van der Waals surface area contributed by atoms with Gasteiger partial charge in [0.15, 0.2) is 10.3 Å². The summed E-state index contributed by atoms with van der Waals surface area (Å²) in [5.41, 5.74) is 8.10. The third-order valence-corrected chi connectivity index (χ3v) is 9.56. The second-order valence-electron chi connectivity index (χ2n) is 7.30. The molecule has 2 aromatic rings. The maximum atomic E-state index is 11.3. The lowest BCUT2D eigenvalue weighted by Gasteiger charge is -2.19. The number of nitrogens with zero attached hydrogens (tertiary/aromatic N) is 2. The Labute approximate surface area is 201 Å². The molecule has 0 fully saturated rings. The molecule has 172 valence electrons. The number of thioether (sulfide) groups is 2. The molecular formula is C21H32N4O2S4. The monoisotopic (exact) mass is 500 g/mol. The third-order valence-electron chi connectivity index (χ3n) is 5.09. The van der Waals surface area contributed by atoms with Gasteiger partial charge in [0, 0.05) is 33.1 Å². The molecule has 0 aliphatic heterocycles. The van der Waals surface area contributed by atoms with E-state index in [0.29, 0.717) is 17.0 Å². The number of rotatable bonds is 6. The van der Waals surface area contributed by atoms with Crippen LogP contribution in [0.15, 0.2) is 0 Å². The molecule has 2 aliphatic carbocycles. The van der Waals surface area contributed by atoms with Gasteiger partial charge in [-0.25, -0.2) is 14.8 Å². The fourth-order valence-electron chi connectivity index (χ4n) is 3.78. The van der Waals surface area contributed by atoms with E-state index < -0.39 is 6.09 Å². The maximum absolute atomic E-state index is 11.3. The Hall–Kier alpha value is -0.970. The van der Waals surface area contributed by atoms with Gasteiger partial charge in [0.25, 0.3) is 0 Å². The number of carbonyl (C=O) groups is 1. The largest absolute Gasteiger partial charge is 0.450 e. The molecule has 1 amide bonds. The van der Waals surface area contributed by atoms with Crippen molar-refractivity contribution in [1.29, 1.82) is 0 Å². The number of ether oxygens (including phenoxy) is 1. The summed E-state index contributed by atoms with van der Waals surface area (Å²) in [7, 11) is 0. The van der Waals surface area contributed by atoms with Gasteiger partial charge in [-0.1, -0.05) is 13.8 Å². The number of aromatic nitrogens is 2. The van der Waals surface area contributed by atoms with Crippen molar-refractivity contribution < 1.29 is 9.53 Å². The zero-order valence-corrected chi connectivity index (χ0v) is 21.7. The molecule has 3 N–H and O–H groups in total. The maximum Gasteiger partial charge on any atom is 0.413 e. The summed E-state index contributed by atoms with van der Waals surface area (Å²) in [5, 5.41) is 5.55. The summed E-state index contributed by atoms with van der Waals surface area (Å²) in [4.78, 5) is 22.9. The summed E-state index contributed by atoms with van der Waals surface area (Å²) in [6.45, 7) is 6.58.